The molecule has 8 nitrogen and oxygen atoms in total. The van der Waals surface area contributed by atoms with E-state index < -0.39 is 0 Å². The highest BCUT2D eigenvalue weighted by Crippen LogP contribution is 2.19. The van der Waals surface area contributed by atoms with Gasteiger partial charge in [-0.15, -0.1) is 0 Å². The number of likely N-dealkylation sites (tertiary alicyclic amines) is 1. The van der Waals surface area contributed by atoms with Crippen molar-refractivity contribution in [2.45, 2.75) is 25.8 Å². The van der Waals surface area contributed by atoms with Crippen molar-refractivity contribution in [1.82, 2.24) is 19.8 Å². The Labute approximate surface area is 149 Å². The van der Waals surface area contributed by atoms with E-state index in [0.29, 0.717) is 25.7 Å². The molecule has 2 aliphatic heterocycles. The van der Waals surface area contributed by atoms with Crippen LogP contribution >= 0.6 is 0 Å². The smallest absolute Gasteiger partial charge is 0.409 e. The average molecular weight is 348 g/mol. The summed E-state index contributed by atoms with van der Waals surface area (Å²) in [6.07, 6.45) is 3.21. The lowest BCUT2D eigenvalue weighted by Crippen LogP contribution is -2.45. The normalized spacial score (nSPS) is 19.8. The van der Waals surface area contributed by atoms with Gasteiger partial charge < -0.3 is 24.8 Å². The van der Waals surface area contributed by atoms with Gasteiger partial charge in [0.25, 0.3) is 0 Å². The fourth-order valence-electron chi connectivity index (χ4n) is 3.26. The third-order valence-corrected chi connectivity index (χ3v) is 4.85. The summed E-state index contributed by atoms with van der Waals surface area (Å²) >= 11 is 0. The number of piperazine rings is 1. The molecule has 1 amide bonds. The maximum absolute atomic E-state index is 11.8. The van der Waals surface area contributed by atoms with Gasteiger partial charge in [0.1, 0.15) is 18.0 Å². The first-order valence-electron chi connectivity index (χ1n) is 9.09. The number of carbonyl (C=O) groups is 1. The molecule has 1 aromatic heterocycles. The molecule has 0 aromatic carbocycles. The van der Waals surface area contributed by atoms with Gasteiger partial charge in [-0.25, -0.2) is 14.8 Å². The first-order valence-corrected chi connectivity index (χ1v) is 9.09. The summed E-state index contributed by atoms with van der Waals surface area (Å²) in [4.78, 5) is 27.0. The summed E-state index contributed by atoms with van der Waals surface area (Å²) in [6.45, 7) is 7.78. The molecular weight excluding hydrogens is 320 g/mol. The molecule has 0 bridgehead atoms. The number of amides is 1. The first-order chi connectivity index (χ1) is 12.2. The topological polar surface area (TPSA) is 73.8 Å². The van der Waals surface area contributed by atoms with E-state index in [1.807, 2.05) is 13.0 Å². The van der Waals surface area contributed by atoms with Crippen LogP contribution in [0.1, 0.15) is 19.8 Å². The van der Waals surface area contributed by atoms with E-state index in [1.165, 1.54) is 0 Å². The molecule has 0 unspecified atom stereocenters. The standard InChI is InChI=1S/C17H28N6O2/c1-3-25-17(24)23-6-4-14(5-7-23)20-15-12-16(19-13-18-15)22-10-8-21(2)9-11-22/h12-14H,3-11H2,1-2H3,(H,18,19,20). The zero-order valence-corrected chi connectivity index (χ0v) is 15.1. The maximum atomic E-state index is 11.8. The van der Waals surface area contributed by atoms with Crippen LogP contribution in [0.25, 0.3) is 0 Å². The minimum absolute atomic E-state index is 0.208. The summed E-state index contributed by atoms with van der Waals surface area (Å²) < 4.78 is 5.06. The zero-order valence-electron chi connectivity index (χ0n) is 15.1. The third kappa shape index (κ3) is 4.72. The van der Waals surface area contributed by atoms with Gasteiger partial charge in [-0.3, -0.25) is 0 Å². The Bertz CT molecular complexity index is 568. The predicted molar refractivity (Wildman–Crippen MR) is 97.0 cm³/mol. The summed E-state index contributed by atoms with van der Waals surface area (Å²) in [6, 6.07) is 2.35. The molecule has 3 rings (SSSR count). The fraction of sp³-hybridized carbons (Fsp3) is 0.706. The number of ether oxygens (including phenoxy) is 1. The molecule has 0 aliphatic carbocycles. The minimum Gasteiger partial charge on any atom is -0.450 e. The Morgan fingerprint density at radius 2 is 1.92 bits per heavy atom. The molecule has 0 radical (unpaired) electrons. The lowest BCUT2D eigenvalue weighted by Gasteiger charge is -2.34. The summed E-state index contributed by atoms with van der Waals surface area (Å²) in [5, 5.41) is 3.49. The van der Waals surface area contributed by atoms with Crippen molar-refractivity contribution in [2.75, 3.05) is 63.1 Å². The predicted octanol–water partition coefficient (Wildman–Crippen LogP) is 1.26. The number of nitrogens with one attached hydrogen (secondary N) is 1. The summed E-state index contributed by atoms with van der Waals surface area (Å²) in [5.74, 6) is 1.84. The highest BCUT2D eigenvalue weighted by molar-refractivity contribution is 5.67. The van der Waals surface area contributed by atoms with E-state index in [9.17, 15) is 4.79 Å². The molecule has 0 atom stereocenters. The number of hydrogen-bond acceptors (Lipinski definition) is 7. The Hall–Kier alpha value is -2.09. The van der Waals surface area contributed by atoms with Gasteiger partial charge in [-0.1, -0.05) is 0 Å². The van der Waals surface area contributed by atoms with Crippen LogP contribution < -0.4 is 10.2 Å². The SMILES string of the molecule is CCOC(=O)N1CCC(Nc2cc(N3CCN(C)CC3)ncn2)CC1. The van der Waals surface area contributed by atoms with Gasteiger partial charge in [-0.2, -0.15) is 0 Å². The molecule has 2 aliphatic rings. The zero-order chi connectivity index (χ0) is 17.6. The molecule has 0 saturated carbocycles. The van der Waals surface area contributed by atoms with Gasteiger partial charge in [0.05, 0.1) is 6.61 Å². The van der Waals surface area contributed by atoms with Crippen molar-refractivity contribution in [2.24, 2.45) is 0 Å². The molecule has 0 spiro atoms. The Kier molecular flexibility index (Phi) is 5.91. The van der Waals surface area contributed by atoms with Crippen molar-refractivity contribution < 1.29 is 9.53 Å². The number of rotatable bonds is 4. The second-order valence-corrected chi connectivity index (χ2v) is 6.66. The summed E-state index contributed by atoms with van der Waals surface area (Å²) in [5.41, 5.74) is 0. The highest BCUT2D eigenvalue weighted by atomic mass is 16.6. The number of anilines is 2. The Morgan fingerprint density at radius 1 is 1.20 bits per heavy atom. The van der Waals surface area contributed by atoms with Crippen LogP contribution in [0.3, 0.4) is 0 Å². The molecule has 138 valence electrons. The monoisotopic (exact) mass is 348 g/mol. The first kappa shape index (κ1) is 17.7. The van der Waals surface area contributed by atoms with E-state index in [-0.39, 0.29) is 6.09 Å². The van der Waals surface area contributed by atoms with E-state index in [1.54, 1.807) is 11.2 Å². The quantitative estimate of drug-likeness (QED) is 0.878. The Morgan fingerprint density at radius 3 is 2.60 bits per heavy atom. The summed E-state index contributed by atoms with van der Waals surface area (Å²) in [7, 11) is 2.15. The third-order valence-electron chi connectivity index (χ3n) is 4.85. The van der Waals surface area contributed by atoms with E-state index in [0.717, 1.165) is 50.7 Å². The molecule has 2 fully saturated rings. The van der Waals surface area contributed by atoms with Crippen LogP contribution in [0.4, 0.5) is 16.4 Å². The molecule has 2 saturated heterocycles. The average Bonchev–Trinajstić information content (AvgIpc) is 2.63. The van der Waals surface area contributed by atoms with Gasteiger partial charge in [0.2, 0.25) is 0 Å². The van der Waals surface area contributed by atoms with Crippen molar-refractivity contribution >= 4 is 17.7 Å². The van der Waals surface area contributed by atoms with Crippen LogP contribution in [0.5, 0.6) is 0 Å². The maximum Gasteiger partial charge on any atom is 0.409 e. The van der Waals surface area contributed by atoms with Crippen molar-refractivity contribution in [3.63, 3.8) is 0 Å². The number of likely N-dealkylation sites (N-methyl/N-ethyl adjacent to an activating group) is 1. The van der Waals surface area contributed by atoms with Crippen LogP contribution in [-0.4, -0.2) is 84.8 Å². The highest BCUT2D eigenvalue weighted by Gasteiger charge is 2.24. The van der Waals surface area contributed by atoms with Gasteiger partial charge in [0, 0.05) is 51.4 Å². The molecule has 8 heteroatoms. The molecule has 1 N–H and O–H groups in total. The molecule has 3 heterocycles. The number of hydrogen-bond donors (Lipinski definition) is 1. The van der Waals surface area contributed by atoms with Crippen molar-refractivity contribution in [3.8, 4) is 0 Å². The largest absolute Gasteiger partial charge is 0.450 e. The number of carbonyl (C=O) groups excluding carboxylic acids is 1. The lowest BCUT2D eigenvalue weighted by atomic mass is 10.1. The molecular formula is C17H28N6O2. The van der Waals surface area contributed by atoms with Crippen LogP contribution in [0.15, 0.2) is 12.4 Å². The number of nitrogens with zero attached hydrogens (tertiary/aromatic N) is 5. The van der Waals surface area contributed by atoms with Crippen molar-refractivity contribution in [3.05, 3.63) is 12.4 Å². The number of aromatic nitrogens is 2. The minimum atomic E-state index is -0.208. The van der Waals surface area contributed by atoms with Gasteiger partial charge >= 0.3 is 6.09 Å². The van der Waals surface area contributed by atoms with E-state index in [4.69, 9.17) is 4.74 Å². The van der Waals surface area contributed by atoms with E-state index >= 15 is 0 Å². The van der Waals surface area contributed by atoms with Gasteiger partial charge in [-0.05, 0) is 26.8 Å². The number of piperidine rings is 1. The van der Waals surface area contributed by atoms with Crippen LogP contribution in [0, 0.1) is 0 Å². The van der Waals surface area contributed by atoms with Crippen LogP contribution in [0.2, 0.25) is 0 Å². The second kappa shape index (κ2) is 8.33. The molecule has 1 aromatic rings. The molecule has 25 heavy (non-hydrogen) atoms. The lowest BCUT2D eigenvalue weighted by molar-refractivity contribution is 0.0983. The van der Waals surface area contributed by atoms with Crippen molar-refractivity contribution in [1.29, 1.82) is 0 Å². The fourth-order valence-corrected chi connectivity index (χ4v) is 3.26. The second-order valence-electron chi connectivity index (χ2n) is 6.66. The Balaban J connectivity index is 1.52. The van der Waals surface area contributed by atoms with Crippen LogP contribution in [-0.2, 0) is 4.74 Å². The van der Waals surface area contributed by atoms with Gasteiger partial charge in [0.15, 0.2) is 0 Å². The van der Waals surface area contributed by atoms with E-state index in [2.05, 4.69) is 32.1 Å².